The minimum atomic E-state index is -0.232. The molecular weight excluding hydrogens is 252 g/mol. The van der Waals surface area contributed by atoms with E-state index in [2.05, 4.69) is 13.0 Å². The van der Waals surface area contributed by atoms with E-state index in [1.165, 1.54) is 24.8 Å². The van der Waals surface area contributed by atoms with Crippen molar-refractivity contribution in [3.05, 3.63) is 11.6 Å². The predicted octanol–water partition coefficient (Wildman–Crippen LogP) is 3.19. The number of allylic oxidation sites excluding steroid dienone is 2. The van der Waals surface area contributed by atoms with Crippen LogP contribution in [0.25, 0.3) is 0 Å². The molecule has 4 N–H and O–H groups in total. The van der Waals surface area contributed by atoms with Crippen LogP contribution in [0.15, 0.2) is 11.6 Å². The van der Waals surface area contributed by atoms with Crippen molar-refractivity contribution in [2.75, 3.05) is 0 Å². The molecule has 0 aromatic heterocycles. The Hall–Kier alpha value is -1.32. The zero-order valence-corrected chi connectivity index (χ0v) is 12.8. The van der Waals surface area contributed by atoms with Gasteiger partial charge >= 0.3 is 0 Å². The van der Waals surface area contributed by atoms with E-state index >= 15 is 0 Å². The summed E-state index contributed by atoms with van der Waals surface area (Å²) >= 11 is 0. The van der Waals surface area contributed by atoms with Crippen molar-refractivity contribution >= 4 is 11.8 Å². The van der Waals surface area contributed by atoms with Crippen LogP contribution in [-0.4, -0.2) is 11.8 Å². The maximum absolute atomic E-state index is 10.8. The van der Waals surface area contributed by atoms with Gasteiger partial charge in [0.15, 0.2) is 0 Å². The number of hydrogen-bond acceptors (Lipinski definition) is 2. The van der Waals surface area contributed by atoms with Gasteiger partial charge in [0, 0.05) is 12.8 Å². The average Bonchev–Trinajstić information content (AvgIpc) is 2.38. The standard InChI is InChI=1S/C16H30N2O2/c1-2-3-4-5-9-14(11-8-13-16(18)20)10-6-7-12-15(17)19/h9H,2-8,10-13H2,1H3,(H2,17,19)(H2,18,20). The van der Waals surface area contributed by atoms with Gasteiger partial charge in [0.05, 0.1) is 0 Å². The molecule has 0 saturated heterocycles. The largest absolute Gasteiger partial charge is 0.370 e. The Labute approximate surface area is 123 Å². The molecule has 0 atom stereocenters. The SMILES string of the molecule is CCCCCC=C(CCCCC(N)=O)CCCC(N)=O. The first-order chi connectivity index (χ1) is 9.56. The Morgan fingerprint density at radius 1 is 0.800 bits per heavy atom. The van der Waals surface area contributed by atoms with Gasteiger partial charge in [0.1, 0.15) is 0 Å². The molecule has 0 rings (SSSR count). The monoisotopic (exact) mass is 282 g/mol. The van der Waals surface area contributed by atoms with E-state index in [0.29, 0.717) is 12.8 Å². The van der Waals surface area contributed by atoms with Gasteiger partial charge in [-0.1, -0.05) is 31.4 Å². The van der Waals surface area contributed by atoms with Crippen LogP contribution in [0, 0.1) is 0 Å². The van der Waals surface area contributed by atoms with Crippen LogP contribution in [0.4, 0.5) is 0 Å². The van der Waals surface area contributed by atoms with Crippen molar-refractivity contribution in [1.29, 1.82) is 0 Å². The van der Waals surface area contributed by atoms with Gasteiger partial charge in [-0.05, 0) is 44.9 Å². The van der Waals surface area contributed by atoms with Gasteiger partial charge in [-0.25, -0.2) is 0 Å². The van der Waals surface area contributed by atoms with Gasteiger partial charge in [-0.3, -0.25) is 9.59 Å². The van der Waals surface area contributed by atoms with Gasteiger partial charge in [-0.15, -0.1) is 0 Å². The topological polar surface area (TPSA) is 86.2 Å². The third-order valence-corrected chi connectivity index (χ3v) is 3.33. The number of rotatable bonds is 13. The molecule has 0 aliphatic carbocycles. The summed E-state index contributed by atoms with van der Waals surface area (Å²) in [4.78, 5) is 21.5. The van der Waals surface area contributed by atoms with Crippen molar-refractivity contribution in [3.8, 4) is 0 Å². The Bertz CT molecular complexity index is 312. The highest BCUT2D eigenvalue weighted by atomic mass is 16.1. The predicted molar refractivity (Wildman–Crippen MR) is 82.9 cm³/mol. The van der Waals surface area contributed by atoms with Crippen molar-refractivity contribution in [2.24, 2.45) is 11.5 Å². The molecule has 0 bridgehead atoms. The molecule has 116 valence electrons. The zero-order valence-electron chi connectivity index (χ0n) is 12.8. The summed E-state index contributed by atoms with van der Waals surface area (Å²) in [7, 11) is 0. The lowest BCUT2D eigenvalue weighted by Crippen LogP contribution is -2.10. The molecule has 0 fully saturated rings. The van der Waals surface area contributed by atoms with E-state index in [9.17, 15) is 9.59 Å². The first-order valence-corrected chi connectivity index (χ1v) is 7.80. The molecule has 2 amide bonds. The number of unbranched alkanes of at least 4 members (excludes halogenated alkanes) is 4. The first-order valence-electron chi connectivity index (χ1n) is 7.80. The van der Waals surface area contributed by atoms with E-state index in [0.717, 1.165) is 38.5 Å². The first kappa shape index (κ1) is 18.7. The van der Waals surface area contributed by atoms with Crippen molar-refractivity contribution < 1.29 is 9.59 Å². The van der Waals surface area contributed by atoms with Gasteiger partial charge in [0.25, 0.3) is 0 Å². The highest BCUT2D eigenvalue weighted by Gasteiger charge is 2.02. The van der Waals surface area contributed by atoms with E-state index in [1.54, 1.807) is 0 Å². The second kappa shape index (κ2) is 12.7. The van der Waals surface area contributed by atoms with Crippen LogP contribution in [0.3, 0.4) is 0 Å². The molecule has 20 heavy (non-hydrogen) atoms. The molecule has 4 nitrogen and oxygen atoms in total. The number of carbonyl (C=O) groups is 2. The molecule has 0 aromatic carbocycles. The fourth-order valence-electron chi connectivity index (χ4n) is 2.17. The zero-order chi connectivity index (χ0) is 15.2. The highest BCUT2D eigenvalue weighted by molar-refractivity contribution is 5.73. The molecule has 0 aromatic rings. The Balaban J connectivity index is 4.02. The van der Waals surface area contributed by atoms with Crippen LogP contribution in [0.5, 0.6) is 0 Å². The molecule has 0 unspecified atom stereocenters. The van der Waals surface area contributed by atoms with Crippen molar-refractivity contribution in [3.63, 3.8) is 0 Å². The van der Waals surface area contributed by atoms with Crippen LogP contribution >= 0.6 is 0 Å². The summed E-state index contributed by atoms with van der Waals surface area (Å²) in [5, 5.41) is 0. The van der Waals surface area contributed by atoms with Crippen LogP contribution in [-0.2, 0) is 9.59 Å². The van der Waals surface area contributed by atoms with Gasteiger partial charge < -0.3 is 11.5 Å². The summed E-state index contributed by atoms with van der Waals surface area (Å²) in [5.74, 6) is -0.462. The van der Waals surface area contributed by atoms with E-state index in [-0.39, 0.29) is 11.8 Å². The highest BCUT2D eigenvalue weighted by Crippen LogP contribution is 2.17. The lowest BCUT2D eigenvalue weighted by atomic mass is 9.99. The quantitative estimate of drug-likeness (QED) is 0.401. The lowest BCUT2D eigenvalue weighted by molar-refractivity contribution is -0.119. The second-order valence-electron chi connectivity index (χ2n) is 5.35. The smallest absolute Gasteiger partial charge is 0.217 e. The summed E-state index contributed by atoms with van der Waals surface area (Å²) < 4.78 is 0. The van der Waals surface area contributed by atoms with Crippen LogP contribution in [0.2, 0.25) is 0 Å². The van der Waals surface area contributed by atoms with Crippen LogP contribution < -0.4 is 11.5 Å². The summed E-state index contributed by atoms with van der Waals surface area (Å²) in [5.41, 5.74) is 11.7. The van der Waals surface area contributed by atoms with Crippen molar-refractivity contribution in [1.82, 2.24) is 0 Å². The van der Waals surface area contributed by atoms with Gasteiger partial charge in [-0.2, -0.15) is 0 Å². The summed E-state index contributed by atoms with van der Waals surface area (Å²) in [6.07, 6.45) is 12.6. The molecule has 0 spiro atoms. The Kier molecular flexibility index (Phi) is 11.9. The number of primary amides is 2. The normalized spacial score (nSPS) is 11.6. The number of amides is 2. The van der Waals surface area contributed by atoms with Gasteiger partial charge in [0.2, 0.25) is 11.8 Å². The number of hydrogen-bond donors (Lipinski definition) is 2. The van der Waals surface area contributed by atoms with E-state index in [1.807, 2.05) is 0 Å². The third kappa shape index (κ3) is 13.1. The maximum Gasteiger partial charge on any atom is 0.217 e. The molecule has 0 heterocycles. The maximum atomic E-state index is 10.8. The summed E-state index contributed by atoms with van der Waals surface area (Å²) in [6, 6.07) is 0. The fraction of sp³-hybridized carbons (Fsp3) is 0.750. The Morgan fingerprint density at radius 3 is 1.95 bits per heavy atom. The molecule has 0 aliphatic rings. The number of nitrogens with two attached hydrogens (primary N) is 2. The minimum absolute atomic E-state index is 0.229. The molecular formula is C16H30N2O2. The van der Waals surface area contributed by atoms with E-state index < -0.39 is 0 Å². The summed E-state index contributed by atoms with van der Waals surface area (Å²) in [6.45, 7) is 2.20. The Morgan fingerprint density at radius 2 is 1.35 bits per heavy atom. The fourth-order valence-corrected chi connectivity index (χ4v) is 2.17. The molecule has 0 saturated carbocycles. The minimum Gasteiger partial charge on any atom is -0.370 e. The molecule has 0 radical (unpaired) electrons. The third-order valence-electron chi connectivity index (χ3n) is 3.33. The molecule has 4 heteroatoms. The van der Waals surface area contributed by atoms with E-state index in [4.69, 9.17) is 11.5 Å². The molecule has 0 aliphatic heterocycles. The lowest BCUT2D eigenvalue weighted by Gasteiger charge is -2.07. The average molecular weight is 282 g/mol. The number of carbonyl (C=O) groups excluding carboxylic acids is 2. The second-order valence-corrected chi connectivity index (χ2v) is 5.35. The van der Waals surface area contributed by atoms with Crippen molar-refractivity contribution in [2.45, 2.75) is 77.6 Å². The van der Waals surface area contributed by atoms with Crippen LogP contribution in [0.1, 0.15) is 77.6 Å².